The molecule has 0 fully saturated rings. The fourth-order valence-electron chi connectivity index (χ4n) is 1.03. The van der Waals surface area contributed by atoms with Gasteiger partial charge in [-0.1, -0.05) is 13.0 Å². The summed E-state index contributed by atoms with van der Waals surface area (Å²) in [6.45, 7) is 7.79. The molecule has 0 aliphatic rings. The Morgan fingerprint density at radius 3 is 2.58 bits per heavy atom. The van der Waals surface area contributed by atoms with E-state index in [4.69, 9.17) is 0 Å². The molecule has 0 amide bonds. The standard InChI is InChI=1S/C10H19NO/c1-5-7-8(3)11-9(4)10(12)6-2/h5,7,9-10,12H,6H2,1-4H3/b7-5-,11-8-/t9?,10-/m0/s1. The van der Waals surface area contributed by atoms with Gasteiger partial charge in [-0.05, 0) is 33.3 Å². The van der Waals surface area contributed by atoms with Crippen LogP contribution in [0.2, 0.25) is 0 Å². The van der Waals surface area contributed by atoms with Crippen molar-refractivity contribution in [3.8, 4) is 0 Å². The van der Waals surface area contributed by atoms with Crippen molar-refractivity contribution < 1.29 is 5.11 Å². The fourth-order valence-corrected chi connectivity index (χ4v) is 1.03. The zero-order valence-electron chi connectivity index (χ0n) is 8.41. The van der Waals surface area contributed by atoms with Crippen LogP contribution in [0.4, 0.5) is 0 Å². The molecular formula is C10H19NO. The topological polar surface area (TPSA) is 32.6 Å². The van der Waals surface area contributed by atoms with Crippen molar-refractivity contribution in [1.82, 2.24) is 0 Å². The first kappa shape index (κ1) is 11.4. The molecule has 0 spiro atoms. The maximum absolute atomic E-state index is 9.41. The molecule has 0 saturated carbocycles. The number of hydrogen-bond donors (Lipinski definition) is 1. The zero-order valence-corrected chi connectivity index (χ0v) is 8.41. The average molecular weight is 169 g/mol. The van der Waals surface area contributed by atoms with Gasteiger partial charge in [0.1, 0.15) is 0 Å². The van der Waals surface area contributed by atoms with Gasteiger partial charge in [-0.2, -0.15) is 0 Å². The van der Waals surface area contributed by atoms with Crippen LogP contribution in [0.1, 0.15) is 34.1 Å². The molecule has 0 aromatic rings. The third-order valence-corrected chi connectivity index (χ3v) is 1.79. The van der Waals surface area contributed by atoms with Crippen LogP contribution in [0.15, 0.2) is 17.1 Å². The minimum Gasteiger partial charge on any atom is -0.391 e. The second kappa shape index (κ2) is 5.95. The van der Waals surface area contributed by atoms with Gasteiger partial charge in [-0.25, -0.2) is 0 Å². The van der Waals surface area contributed by atoms with Gasteiger partial charge in [-0.3, -0.25) is 4.99 Å². The summed E-state index contributed by atoms with van der Waals surface area (Å²) in [6.07, 6.45) is 4.33. The number of rotatable bonds is 4. The highest BCUT2D eigenvalue weighted by Gasteiger charge is 2.09. The molecule has 1 unspecified atom stereocenters. The molecule has 0 rings (SSSR count). The molecule has 0 aliphatic carbocycles. The van der Waals surface area contributed by atoms with Crippen molar-refractivity contribution in [2.24, 2.45) is 4.99 Å². The summed E-state index contributed by atoms with van der Waals surface area (Å²) >= 11 is 0. The Kier molecular flexibility index (Phi) is 5.64. The normalized spacial score (nSPS) is 18.2. The molecule has 2 atom stereocenters. The molecule has 0 bridgehead atoms. The van der Waals surface area contributed by atoms with Crippen molar-refractivity contribution in [1.29, 1.82) is 0 Å². The van der Waals surface area contributed by atoms with Crippen LogP contribution in [0.25, 0.3) is 0 Å². The third-order valence-electron chi connectivity index (χ3n) is 1.79. The lowest BCUT2D eigenvalue weighted by Gasteiger charge is -2.12. The average Bonchev–Trinajstić information content (AvgIpc) is 2.03. The molecule has 0 heterocycles. The first-order valence-corrected chi connectivity index (χ1v) is 4.47. The number of aliphatic imine (C=N–C) groups is 1. The van der Waals surface area contributed by atoms with Gasteiger partial charge in [0, 0.05) is 5.71 Å². The Hall–Kier alpha value is -0.630. The predicted octanol–water partition coefficient (Wildman–Crippen LogP) is 2.18. The van der Waals surface area contributed by atoms with E-state index in [-0.39, 0.29) is 12.1 Å². The molecule has 0 aromatic carbocycles. The molecule has 2 heteroatoms. The van der Waals surface area contributed by atoms with E-state index >= 15 is 0 Å². The highest BCUT2D eigenvalue weighted by atomic mass is 16.3. The van der Waals surface area contributed by atoms with Gasteiger partial charge in [0.05, 0.1) is 12.1 Å². The van der Waals surface area contributed by atoms with E-state index in [0.717, 1.165) is 12.1 Å². The lowest BCUT2D eigenvalue weighted by Crippen LogP contribution is -2.20. The van der Waals surface area contributed by atoms with Gasteiger partial charge >= 0.3 is 0 Å². The van der Waals surface area contributed by atoms with Crippen molar-refractivity contribution in [2.75, 3.05) is 0 Å². The van der Waals surface area contributed by atoms with E-state index in [2.05, 4.69) is 4.99 Å². The van der Waals surface area contributed by atoms with Crippen LogP contribution in [0, 0.1) is 0 Å². The van der Waals surface area contributed by atoms with Gasteiger partial charge < -0.3 is 5.11 Å². The van der Waals surface area contributed by atoms with Crippen LogP contribution in [-0.4, -0.2) is 23.0 Å². The highest BCUT2D eigenvalue weighted by Crippen LogP contribution is 2.02. The predicted molar refractivity (Wildman–Crippen MR) is 53.7 cm³/mol. The number of hydrogen-bond acceptors (Lipinski definition) is 2. The van der Waals surface area contributed by atoms with E-state index in [1.54, 1.807) is 0 Å². The summed E-state index contributed by atoms with van der Waals surface area (Å²) in [4.78, 5) is 4.32. The monoisotopic (exact) mass is 169 g/mol. The molecule has 0 aromatic heterocycles. The SMILES string of the molecule is C/C=C\C(C)=N/C(C)[C@@H](O)CC. The molecule has 0 radical (unpaired) electrons. The van der Waals surface area contributed by atoms with Gasteiger partial charge in [-0.15, -0.1) is 0 Å². The highest BCUT2D eigenvalue weighted by molar-refractivity contribution is 5.92. The van der Waals surface area contributed by atoms with Gasteiger partial charge in [0.2, 0.25) is 0 Å². The van der Waals surface area contributed by atoms with E-state index in [0.29, 0.717) is 0 Å². The first-order chi connectivity index (χ1) is 5.61. The Balaban J connectivity index is 4.12. The molecule has 0 saturated heterocycles. The Bertz CT molecular complexity index is 173. The van der Waals surface area contributed by atoms with E-state index in [1.165, 1.54) is 0 Å². The Labute approximate surface area is 75.0 Å². The Morgan fingerprint density at radius 2 is 2.17 bits per heavy atom. The van der Waals surface area contributed by atoms with Crippen LogP contribution in [-0.2, 0) is 0 Å². The van der Waals surface area contributed by atoms with Crippen molar-refractivity contribution in [2.45, 2.75) is 46.3 Å². The summed E-state index contributed by atoms with van der Waals surface area (Å²) in [5, 5.41) is 9.41. The minimum atomic E-state index is -0.315. The number of aliphatic hydroxyl groups excluding tert-OH is 1. The van der Waals surface area contributed by atoms with E-state index < -0.39 is 0 Å². The largest absolute Gasteiger partial charge is 0.391 e. The van der Waals surface area contributed by atoms with E-state index in [9.17, 15) is 5.11 Å². The molecule has 70 valence electrons. The number of nitrogens with zero attached hydrogens (tertiary/aromatic N) is 1. The second-order valence-corrected chi connectivity index (χ2v) is 2.99. The summed E-state index contributed by atoms with van der Waals surface area (Å²) in [5.74, 6) is 0. The lowest BCUT2D eigenvalue weighted by molar-refractivity contribution is 0.148. The van der Waals surface area contributed by atoms with Crippen LogP contribution < -0.4 is 0 Å². The number of allylic oxidation sites excluding steroid dienone is 2. The van der Waals surface area contributed by atoms with Crippen LogP contribution in [0.5, 0.6) is 0 Å². The summed E-state index contributed by atoms with van der Waals surface area (Å²) in [6, 6.07) is 0.00574. The molecule has 12 heavy (non-hydrogen) atoms. The smallest absolute Gasteiger partial charge is 0.0758 e. The molecular weight excluding hydrogens is 150 g/mol. The summed E-state index contributed by atoms with van der Waals surface area (Å²) < 4.78 is 0. The first-order valence-electron chi connectivity index (χ1n) is 4.47. The van der Waals surface area contributed by atoms with Crippen LogP contribution >= 0.6 is 0 Å². The second-order valence-electron chi connectivity index (χ2n) is 2.99. The summed E-state index contributed by atoms with van der Waals surface area (Å²) in [7, 11) is 0. The van der Waals surface area contributed by atoms with Gasteiger partial charge in [0.25, 0.3) is 0 Å². The zero-order chi connectivity index (χ0) is 9.56. The third kappa shape index (κ3) is 4.29. The van der Waals surface area contributed by atoms with E-state index in [1.807, 2.05) is 39.8 Å². The molecule has 0 aliphatic heterocycles. The van der Waals surface area contributed by atoms with Crippen molar-refractivity contribution in [3.63, 3.8) is 0 Å². The van der Waals surface area contributed by atoms with Gasteiger partial charge in [0.15, 0.2) is 0 Å². The fraction of sp³-hybridized carbons (Fsp3) is 0.700. The maximum Gasteiger partial charge on any atom is 0.0758 e. The quantitative estimate of drug-likeness (QED) is 0.643. The Morgan fingerprint density at radius 1 is 1.58 bits per heavy atom. The van der Waals surface area contributed by atoms with Crippen molar-refractivity contribution >= 4 is 5.71 Å². The van der Waals surface area contributed by atoms with Crippen molar-refractivity contribution in [3.05, 3.63) is 12.2 Å². The number of aliphatic hydroxyl groups is 1. The summed E-state index contributed by atoms with van der Waals surface area (Å²) in [5.41, 5.74) is 0.970. The lowest BCUT2D eigenvalue weighted by atomic mass is 10.1. The van der Waals surface area contributed by atoms with Crippen LogP contribution in [0.3, 0.4) is 0 Å². The molecule has 2 nitrogen and oxygen atoms in total. The maximum atomic E-state index is 9.41. The molecule has 1 N–H and O–H groups in total. The minimum absolute atomic E-state index is 0.00574.